The van der Waals surface area contributed by atoms with Crippen molar-refractivity contribution in [3.63, 3.8) is 0 Å². The van der Waals surface area contributed by atoms with Crippen molar-refractivity contribution in [1.29, 1.82) is 10.5 Å². The van der Waals surface area contributed by atoms with Gasteiger partial charge in [-0.1, -0.05) is 66.7 Å². The summed E-state index contributed by atoms with van der Waals surface area (Å²) in [7, 11) is 0. The van der Waals surface area contributed by atoms with Crippen LogP contribution in [-0.4, -0.2) is 9.13 Å². The van der Waals surface area contributed by atoms with Gasteiger partial charge in [-0.15, -0.1) is 0 Å². The molecule has 2 aromatic heterocycles. The van der Waals surface area contributed by atoms with E-state index in [2.05, 4.69) is 47.0 Å². The molecular formula is C44H24F2N4. The maximum atomic E-state index is 15.3. The van der Waals surface area contributed by atoms with Crippen LogP contribution < -0.4 is 0 Å². The van der Waals surface area contributed by atoms with Gasteiger partial charge in [0.2, 0.25) is 0 Å². The second-order valence-electron chi connectivity index (χ2n) is 12.2. The predicted molar refractivity (Wildman–Crippen MR) is 195 cm³/mol. The molecule has 0 saturated carbocycles. The number of hydrogen-bond donors (Lipinski definition) is 0. The summed E-state index contributed by atoms with van der Waals surface area (Å²) in [6.45, 7) is 0. The molecule has 0 bridgehead atoms. The van der Waals surface area contributed by atoms with Crippen molar-refractivity contribution in [3.05, 3.63) is 168 Å². The van der Waals surface area contributed by atoms with Crippen LogP contribution in [0.5, 0.6) is 0 Å². The molecule has 0 aliphatic heterocycles. The lowest BCUT2D eigenvalue weighted by Crippen LogP contribution is -2.01. The van der Waals surface area contributed by atoms with E-state index in [9.17, 15) is 10.5 Å². The Bertz CT molecular complexity index is 2860. The monoisotopic (exact) mass is 646 g/mol. The van der Waals surface area contributed by atoms with E-state index in [1.807, 2.05) is 83.4 Å². The quantitative estimate of drug-likeness (QED) is 0.191. The Kier molecular flexibility index (Phi) is 6.59. The van der Waals surface area contributed by atoms with E-state index in [4.69, 9.17) is 0 Å². The zero-order valence-electron chi connectivity index (χ0n) is 26.4. The molecule has 0 saturated heterocycles. The summed E-state index contributed by atoms with van der Waals surface area (Å²) >= 11 is 0. The first kappa shape index (κ1) is 29.1. The first-order chi connectivity index (χ1) is 24.6. The fourth-order valence-electron chi connectivity index (χ4n) is 7.37. The fraction of sp³-hybridized carbons (Fsp3) is 0. The molecule has 0 radical (unpaired) electrons. The standard InChI is InChI=1S/C44H24F2N4/c45-36-11-7-12-37(46)44(36)35-23-28(26-48)17-20-43(35)50-40-15-6-3-10-32(40)34-24-29(18-21-42(34)50)33-22-27(25-47)16-19-41(33)49-38-13-4-1-8-30(38)31-9-2-5-14-39(31)49/h1-24H. The third kappa shape index (κ3) is 4.33. The Morgan fingerprint density at radius 1 is 0.420 bits per heavy atom. The lowest BCUT2D eigenvalue weighted by atomic mass is 9.98. The molecule has 7 aromatic carbocycles. The average molecular weight is 647 g/mol. The van der Waals surface area contributed by atoms with E-state index >= 15 is 8.78 Å². The van der Waals surface area contributed by atoms with Crippen LogP contribution in [0, 0.1) is 34.3 Å². The Hall–Kier alpha value is -7.02. The zero-order chi connectivity index (χ0) is 33.9. The van der Waals surface area contributed by atoms with Crippen LogP contribution in [0.2, 0.25) is 0 Å². The summed E-state index contributed by atoms with van der Waals surface area (Å²) in [6.07, 6.45) is 0. The summed E-state index contributed by atoms with van der Waals surface area (Å²) in [5.41, 5.74) is 8.01. The van der Waals surface area contributed by atoms with Crippen LogP contribution in [0.15, 0.2) is 146 Å². The lowest BCUT2D eigenvalue weighted by molar-refractivity contribution is 0.589. The molecule has 0 fully saturated rings. The van der Waals surface area contributed by atoms with Gasteiger partial charge < -0.3 is 9.13 Å². The molecule has 4 nitrogen and oxygen atoms in total. The summed E-state index contributed by atoms with van der Waals surface area (Å²) < 4.78 is 34.9. The number of nitrogens with zero attached hydrogens (tertiary/aromatic N) is 4. The highest BCUT2D eigenvalue weighted by Crippen LogP contribution is 2.41. The zero-order valence-corrected chi connectivity index (χ0v) is 26.4. The number of hydrogen-bond acceptors (Lipinski definition) is 2. The second-order valence-corrected chi connectivity index (χ2v) is 12.2. The highest BCUT2D eigenvalue weighted by molar-refractivity contribution is 6.12. The second kappa shape index (κ2) is 11.3. The largest absolute Gasteiger partial charge is 0.309 e. The highest BCUT2D eigenvalue weighted by atomic mass is 19.1. The summed E-state index contributed by atoms with van der Waals surface area (Å²) in [5.74, 6) is -1.42. The van der Waals surface area contributed by atoms with Crippen LogP contribution in [-0.2, 0) is 0 Å². The van der Waals surface area contributed by atoms with Gasteiger partial charge >= 0.3 is 0 Å². The molecule has 50 heavy (non-hydrogen) atoms. The third-order valence-corrected chi connectivity index (χ3v) is 9.53. The fourth-order valence-corrected chi connectivity index (χ4v) is 7.37. The van der Waals surface area contributed by atoms with Gasteiger partial charge in [0, 0.05) is 32.7 Å². The van der Waals surface area contributed by atoms with Crippen molar-refractivity contribution in [3.8, 4) is 45.8 Å². The first-order valence-corrected chi connectivity index (χ1v) is 16.1. The molecule has 6 heteroatoms. The van der Waals surface area contributed by atoms with Crippen molar-refractivity contribution in [2.24, 2.45) is 0 Å². The lowest BCUT2D eigenvalue weighted by Gasteiger charge is -2.16. The third-order valence-electron chi connectivity index (χ3n) is 9.53. The van der Waals surface area contributed by atoms with Crippen molar-refractivity contribution in [2.75, 3.05) is 0 Å². The Morgan fingerprint density at radius 2 is 0.880 bits per heavy atom. The van der Waals surface area contributed by atoms with Gasteiger partial charge in [0.1, 0.15) is 11.6 Å². The predicted octanol–water partition coefficient (Wildman–Crippen LogP) is 11.2. The smallest absolute Gasteiger partial charge is 0.134 e. The number of nitriles is 2. The Morgan fingerprint density at radius 3 is 1.42 bits per heavy atom. The molecular weight excluding hydrogens is 623 g/mol. The average Bonchev–Trinajstić information content (AvgIpc) is 3.67. The number of benzene rings is 7. The Balaban J connectivity index is 1.33. The molecule has 0 amide bonds. The molecule has 234 valence electrons. The van der Waals surface area contributed by atoms with Gasteiger partial charge in [-0.3, -0.25) is 0 Å². The van der Waals surface area contributed by atoms with Crippen LogP contribution in [0.25, 0.3) is 77.2 Å². The molecule has 9 rings (SSSR count). The minimum Gasteiger partial charge on any atom is -0.309 e. The molecule has 0 unspecified atom stereocenters. The molecule has 0 aliphatic carbocycles. The maximum absolute atomic E-state index is 15.3. The van der Waals surface area contributed by atoms with Gasteiger partial charge in [0.05, 0.1) is 62.3 Å². The molecule has 0 spiro atoms. The van der Waals surface area contributed by atoms with Crippen LogP contribution in [0.1, 0.15) is 11.1 Å². The SMILES string of the molecule is N#Cc1ccc(-n2c3ccccc3c3ccccc32)c(-c2ccc3c(c2)c2ccccc2n3-c2ccc(C#N)cc2-c2c(F)cccc2F)c1. The van der Waals surface area contributed by atoms with E-state index in [-0.39, 0.29) is 11.1 Å². The van der Waals surface area contributed by atoms with E-state index in [0.717, 1.165) is 60.4 Å². The molecule has 0 aliphatic rings. The van der Waals surface area contributed by atoms with Gasteiger partial charge in [-0.25, -0.2) is 8.78 Å². The van der Waals surface area contributed by atoms with Gasteiger partial charge in [0.25, 0.3) is 0 Å². The highest BCUT2D eigenvalue weighted by Gasteiger charge is 2.22. The van der Waals surface area contributed by atoms with Crippen LogP contribution in [0.3, 0.4) is 0 Å². The molecule has 0 atom stereocenters. The van der Waals surface area contributed by atoms with Crippen molar-refractivity contribution in [2.45, 2.75) is 0 Å². The van der Waals surface area contributed by atoms with E-state index in [1.54, 1.807) is 12.1 Å². The van der Waals surface area contributed by atoms with E-state index in [1.165, 1.54) is 24.3 Å². The Labute approximate surface area is 285 Å². The number of rotatable bonds is 4. The van der Waals surface area contributed by atoms with Crippen molar-refractivity contribution in [1.82, 2.24) is 9.13 Å². The minimum absolute atomic E-state index is 0.189. The van der Waals surface area contributed by atoms with Crippen LogP contribution >= 0.6 is 0 Å². The molecule has 2 heterocycles. The molecule has 0 N–H and O–H groups in total. The number of aromatic nitrogens is 2. The van der Waals surface area contributed by atoms with E-state index in [0.29, 0.717) is 16.8 Å². The van der Waals surface area contributed by atoms with Gasteiger partial charge in [-0.2, -0.15) is 10.5 Å². The first-order valence-electron chi connectivity index (χ1n) is 16.1. The number of para-hydroxylation sites is 3. The topological polar surface area (TPSA) is 57.4 Å². The van der Waals surface area contributed by atoms with Crippen molar-refractivity contribution < 1.29 is 8.78 Å². The molecule has 9 aromatic rings. The normalized spacial score (nSPS) is 11.4. The minimum atomic E-state index is -0.709. The van der Waals surface area contributed by atoms with E-state index < -0.39 is 11.6 Å². The summed E-state index contributed by atoms with van der Waals surface area (Å²) in [5, 5.41) is 23.9. The van der Waals surface area contributed by atoms with Gasteiger partial charge in [0.15, 0.2) is 0 Å². The number of fused-ring (bicyclic) bond motifs is 6. The summed E-state index contributed by atoms with van der Waals surface area (Å²) in [6, 6.07) is 49.7. The maximum Gasteiger partial charge on any atom is 0.134 e. The van der Waals surface area contributed by atoms with Crippen LogP contribution in [0.4, 0.5) is 8.78 Å². The number of halogens is 2. The van der Waals surface area contributed by atoms with Gasteiger partial charge in [-0.05, 0) is 84.4 Å². The summed E-state index contributed by atoms with van der Waals surface area (Å²) in [4.78, 5) is 0. The van der Waals surface area contributed by atoms with Crippen molar-refractivity contribution >= 4 is 43.6 Å².